The molecular formula is C16H25N3O. The lowest BCUT2D eigenvalue weighted by molar-refractivity contribution is 0.0973. The van der Waals surface area contributed by atoms with E-state index in [0.29, 0.717) is 0 Å². The zero-order valence-corrected chi connectivity index (χ0v) is 12.9. The molecule has 0 saturated carbocycles. The van der Waals surface area contributed by atoms with Gasteiger partial charge in [-0.3, -0.25) is 0 Å². The van der Waals surface area contributed by atoms with Crippen LogP contribution in [0.25, 0.3) is 0 Å². The van der Waals surface area contributed by atoms with E-state index in [2.05, 4.69) is 31.3 Å². The van der Waals surface area contributed by atoms with Crippen molar-refractivity contribution in [1.29, 1.82) is 0 Å². The minimum Gasteiger partial charge on any atom is -0.331 e. The molecule has 1 aliphatic rings. The number of rotatable bonds is 2. The smallest absolute Gasteiger partial charge is 0.319 e. The minimum atomic E-state index is -0.0289. The van der Waals surface area contributed by atoms with E-state index >= 15 is 0 Å². The Morgan fingerprint density at radius 3 is 2.60 bits per heavy atom. The maximum absolute atomic E-state index is 12.4. The molecular weight excluding hydrogens is 250 g/mol. The summed E-state index contributed by atoms with van der Waals surface area (Å²) in [4.78, 5) is 16.1. The summed E-state index contributed by atoms with van der Waals surface area (Å²) in [5.74, 6) is 0. The Bertz CT molecular complexity index is 456. The molecule has 0 spiro atoms. The summed E-state index contributed by atoms with van der Waals surface area (Å²) in [6.45, 7) is 5.85. The highest BCUT2D eigenvalue weighted by atomic mass is 16.2. The highest BCUT2D eigenvalue weighted by Crippen LogP contribution is 2.19. The van der Waals surface area contributed by atoms with Gasteiger partial charge in [-0.2, -0.15) is 0 Å². The third kappa shape index (κ3) is 3.51. The fraction of sp³-hybridized carbons (Fsp3) is 0.562. The molecule has 1 unspecified atom stereocenters. The molecule has 1 aromatic rings. The second kappa shape index (κ2) is 5.83. The summed E-state index contributed by atoms with van der Waals surface area (Å²) in [6.07, 6.45) is 0.892. The van der Waals surface area contributed by atoms with Gasteiger partial charge in [0.15, 0.2) is 0 Å². The van der Waals surface area contributed by atoms with Crippen LogP contribution in [0.5, 0.6) is 0 Å². The molecule has 1 aliphatic heterocycles. The Hall–Kier alpha value is -1.55. The maximum Gasteiger partial charge on any atom is 0.319 e. The Labute approximate surface area is 121 Å². The van der Waals surface area contributed by atoms with Crippen LogP contribution in [0, 0.1) is 0 Å². The number of hydrogen-bond acceptors (Lipinski definition) is 2. The summed E-state index contributed by atoms with van der Waals surface area (Å²) < 4.78 is 0. The van der Waals surface area contributed by atoms with Gasteiger partial charge >= 0.3 is 6.03 Å². The minimum absolute atomic E-state index is 0.0289. The van der Waals surface area contributed by atoms with E-state index in [1.165, 1.54) is 5.56 Å². The van der Waals surface area contributed by atoms with Crippen LogP contribution in [-0.4, -0.2) is 54.6 Å². The average molecular weight is 275 g/mol. The molecule has 4 heteroatoms. The molecule has 1 N–H and O–H groups in total. The van der Waals surface area contributed by atoms with Crippen molar-refractivity contribution in [3.05, 3.63) is 35.9 Å². The molecule has 1 heterocycles. The molecule has 110 valence electrons. The van der Waals surface area contributed by atoms with Crippen molar-refractivity contribution in [2.75, 3.05) is 27.2 Å². The van der Waals surface area contributed by atoms with E-state index in [-0.39, 0.29) is 17.6 Å². The van der Waals surface area contributed by atoms with E-state index in [0.717, 1.165) is 19.5 Å². The van der Waals surface area contributed by atoms with Gasteiger partial charge in [0.25, 0.3) is 0 Å². The average Bonchev–Trinajstić information content (AvgIpc) is 2.41. The van der Waals surface area contributed by atoms with Crippen LogP contribution in [0.15, 0.2) is 30.3 Å². The molecule has 2 amide bonds. The van der Waals surface area contributed by atoms with Crippen LogP contribution >= 0.6 is 0 Å². The van der Waals surface area contributed by atoms with Gasteiger partial charge in [0.1, 0.15) is 0 Å². The highest BCUT2D eigenvalue weighted by molar-refractivity contribution is 5.74. The number of carbonyl (C=O) groups is 1. The van der Waals surface area contributed by atoms with E-state index in [1.807, 2.05) is 37.2 Å². The quantitative estimate of drug-likeness (QED) is 0.895. The Morgan fingerprint density at radius 2 is 2.00 bits per heavy atom. The highest BCUT2D eigenvalue weighted by Gasteiger charge is 2.35. The van der Waals surface area contributed by atoms with Crippen LogP contribution in [0.3, 0.4) is 0 Å². The molecule has 4 nitrogen and oxygen atoms in total. The molecule has 1 aromatic carbocycles. The summed E-state index contributed by atoms with van der Waals surface area (Å²) in [5, 5.41) is 3.54. The summed E-state index contributed by atoms with van der Waals surface area (Å²) in [7, 11) is 3.63. The van der Waals surface area contributed by atoms with Crippen molar-refractivity contribution in [1.82, 2.24) is 15.1 Å². The fourth-order valence-corrected chi connectivity index (χ4v) is 2.66. The van der Waals surface area contributed by atoms with Gasteiger partial charge < -0.3 is 15.1 Å². The molecule has 1 fully saturated rings. The van der Waals surface area contributed by atoms with Crippen LogP contribution in [0.2, 0.25) is 0 Å². The van der Waals surface area contributed by atoms with Crippen LogP contribution in [-0.2, 0) is 6.42 Å². The predicted molar refractivity (Wildman–Crippen MR) is 81.8 cm³/mol. The van der Waals surface area contributed by atoms with E-state index < -0.39 is 0 Å². The lowest BCUT2D eigenvalue weighted by atomic mass is 9.95. The van der Waals surface area contributed by atoms with Gasteiger partial charge in [-0.1, -0.05) is 30.3 Å². The largest absolute Gasteiger partial charge is 0.331 e. The number of urea groups is 1. The predicted octanol–water partition coefficient (Wildman–Crippen LogP) is 1.96. The number of benzene rings is 1. The molecule has 1 atom stereocenters. The van der Waals surface area contributed by atoms with Crippen LogP contribution in [0.1, 0.15) is 19.4 Å². The van der Waals surface area contributed by atoms with Crippen molar-refractivity contribution >= 4 is 6.03 Å². The topological polar surface area (TPSA) is 35.6 Å². The molecule has 0 aliphatic carbocycles. The Morgan fingerprint density at radius 1 is 1.35 bits per heavy atom. The first-order valence-corrected chi connectivity index (χ1v) is 7.16. The standard InChI is InChI=1S/C16H25N3O/c1-16(2)12-19(15(20)18(3)4)14(11-17-16)10-13-8-6-5-7-9-13/h5-9,14,17H,10-12H2,1-4H3. The normalized spacial score (nSPS) is 21.6. The number of amides is 2. The SMILES string of the molecule is CN(C)C(=O)N1CC(C)(C)NCC1Cc1ccccc1. The molecule has 2 rings (SSSR count). The Balaban J connectivity index is 2.15. The molecule has 0 bridgehead atoms. The van der Waals surface area contributed by atoms with Crippen molar-refractivity contribution in [3.63, 3.8) is 0 Å². The van der Waals surface area contributed by atoms with Gasteiger partial charge in [-0.15, -0.1) is 0 Å². The number of carbonyl (C=O) groups excluding carboxylic acids is 1. The van der Waals surface area contributed by atoms with Crippen LogP contribution in [0.4, 0.5) is 4.79 Å². The van der Waals surface area contributed by atoms with Gasteiger partial charge in [0.2, 0.25) is 0 Å². The van der Waals surface area contributed by atoms with Gasteiger partial charge in [0.05, 0.1) is 6.04 Å². The first-order valence-electron chi connectivity index (χ1n) is 7.16. The zero-order chi connectivity index (χ0) is 14.8. The summed E-state index contributed by atoms with van der Waals surface area (Å²) >= 11 is 0. The molecule has 1 saturated heterocycles. The lowest BCUT2D eigenvalue weighted by Gasteiger charge is -2.45. The maximum atomic E-state index is 12.4. The van der Waals surface area contributed by atoms with E-state index in [1.54, 1.807) is 4.90 Å². The summed E-state index contributed by atoms with van der Waals surface area (Å²) in [6, 6.07) is 10.7. The molecule has 20 heavy (non-hydrogen) atoms. The second-order valence-corrected chi connectivity index (χ2v) is 6.41. The van der Waals surface area contributed by atoms with Crippen LogP contribution < -0.4 is 5.32 Å². The number of nitrogens with zero attached hydrogens (tertiary/aromatic N) is 2. The number of nitrogens with one attached hydrogen (secondary N) is 1. The Kier molecular flexibility index (Phi) is 4.33. The van der Waals surface area contributed by atoms with Gasteiger partial charge in [0, 0.05) is 32.7 Å². The second-order valence-electron chi connectivity index (χ2n) is 6.41. The van der Waals surface area contributed by atoms with E-state index in [9.17, 15) is 4.79 Å². The van der Waals surface area contributed by atoms with Crippen molar-refractivity contribution < 1.29 is 4.79 Å². The van der Waals surface area contributed by atoms with E-state index in [4.69, 9.17) is 0 Å². The van der Waals surface area contributed by atoms with Crippen molar-refractivity contribution in [2.45, 2.75) is 31.8 Å². The third-order valence-corrected chi connectivity index (χ3v) is 3.77. The molecule has 0 aromatic heterocycles. The monoisotopic (exact) mass is 275 g/mol. The summed E-state index contributed by atoms with van der Waals surface area (Å²) in [5.41, 5.74) is 1.24. The fourth-order valence-electron chi connectivity index (χ4n) is 2.66. The third-order valence-electron chi connectivity index (χ3n) is 3.77. The first-order chi connectivity index (χ1) is 9.39. The zero-order valence-electron chi connectivity index (χ0n) is 12.9. The van der Waals surface area contributed by atoms with Gasteiger partial charge in [-0.05, 0) is 25.8 Å². The molecule has 0 radical (unpaired) electrons. The first kappa shape index (κ1) is 14.9. The number of hydrogen-bond donors (Lipinski definition) is 1. The van der Waals surface area contributed by atoms with Crippen molar-refractivity contribution in [3.8, 4) is 0 Å². The van der Waals surface area contributed by atoms with Crippen molar-refractivity contribution in [2.24, 2.45) is 0 Å². The lowest BCUT2D eigenvalue weighted by Crippen LogP contribution is -2.64. The van der Waals surface area contributed by atoms with Gasteiger partial charge in [-0.25, -0.2) is 4.79 Å². The number of piperazine rings is 1.